The molecule has 3 heteroatoms. The van der Waals surface area contributed by atoms with Crippen molar-refractivity contribution >= 4 is 6.21 Å². The quantitative estimate of drug-likeness (QED) is 0.508. The second-order valence-corrected chi connectivity index (χ2v) is 5.19. The van der Waals surface area contributed by atoms with Gasteiger partial charge in [-0.3, -0.25) is 0 Å². The molecule has 0 atom stereocenters. The summed E-state index contributed by atoms with van der Waals surface area (Å²) < 4.78 is 0. The summed E-state index contributed by atoms with van der Waals surface area (Å²) >= 11 is 0. The van der Waals surface area contributed by atoms with Crippen molar-refractivity contribution in [2.24, 2.45) is 5.16 Å². The molecule has 0 N–H and O–H groups in total. The van der Waals surface area contributed by atoms with E-state index < -0.39 is 0 Å². The molecule has 0 saturated carbocycles. The Morgan fingerprint density at radius 2 is 1.58 bits per heavy atom. The van der Waals surface area contributed by atoms with Gasteiger partial charge < -0.3 is 4.84 Å². The van der Waals surface area contributed by atoms with E-state index in [9.17, 15) is 0 Å². The molecule has 0 amide bonds. The number of rotatable bonds is 5. The van der Waals surface area contributed by atoms with Gasteiger partial charge in [0.25, 0.3) is 0 Å². The van der Waals surface area contributed by atoms with Crippen LogP contribution in [0.5, 0.6) is 0 Å². The standard InChI is InChI=1S/C21H15N2O/c22-14-17-7-6-8-18(13-17)15-23-24-16-20-11-4-5-12-21(20)19-9-2-1-3-10-19/h1-13H,16H2. The molecule has 3 rings (SSSR count). The molecule has 0 spiro atoms. The van der Waals surface area contributed by atoms with Crippen molar-refractivity contribution in [3.05, 3.63) is 95.6 Å². The molecule has 0 unspecified atom stereocenters. The normalized spacial score (nSPS) is 10.5. The number of hydrogen-bond donors (Lipinski definition) is 0. The Morgan fingerprint density at radius 1 is 0.833 bits per heavy atom. The molecule has 3 aromatic rings. The van der Waals surface area contributed by atoms with E-state index in [2.05, 4.69) is 35.6 Å². The number of benzene rings is 3. The second kappa shape index (κ2) is 7.75. The molecule has 0 bridgehead atoms. The molecule has 0 fully saturated rings. The van der Waals surface area contributed by atoms with Gasteiger partial charge in [-0.25, -0.2) is 0 Å². The van der Waals surface area contributed by atoms with E-state index in [1.54, 1.807) is 18.2 Å². The Hall–Kier alpha value is -3.38. The second-order valence-electron chi connectivity index (χ2n) is 5.19. The molecule has 0 saturated heterocycles. The Bertz CT molecular complexity index is 880. The zero-order valence-electron chi connectivity index (χ0n) is 13.0. The molecule has 0 aromatic heterocycles. The zero-order chi connectivity index (χ0) is 16.6. The lowest BCUT2D eigenvalue weighted by Gasteiger charge is -2.08. The predicted octanol–water partition coefficient (Wildman–Crippen LogP) is 4.65. The molecule has 3 nitrogen and oxygen atoms in total. The summed E-state index contributed by atoms with van der Waals surface area (Å²) in [6.45, 7) is 0.357. The van der Waals surface area contributed by atoms with Crippen molar-refractivity contribution < 1.29 is 4.84 Å². The predicted molar refractivity (Wildman–Crippen MR) is 94.4 cm³/mol. The highest BCUT2D eigenvalue weighted by Gasteiger charge is 2.04. The maximum atomic E-state index is 8.88. The van der Waals surface area contributed by atoms with E-state index in [-0.39, 0.29) is 0 Å². The van der Waals surface area contributed by atoms with Gasteiger partial charge in [-0.1, -0.05) is 71.9 Å². The van der Waals surface area contributed by atoms with E-state index in [0.29, 0.717) is 17.7 Å². The third-order valence-electron chi connectivity index (χ3n) is 3.55. The van der Waals surface area contributed by atoms with E-state index >= 15 is 0 Å². The third kappa shape index (κ3) is 3.88. The van der Waals surface area contributed by atoms with Crippen molar-refractivity contribution in [3.8, 4) is 17.2 Å². The summed E-state index contributed by atoms with van der Waals surface area (Å²) in [5.41, 5.74) is 4.61. The first-order chi connectivity index (χ1) is 11.9. The lowest BCUT2D eigenvalue weighted by Crippen LogP contribution is -1.92. The van der Waals surface area contributed by atoms with Gasteiger partial charge in [0, 0.05) is 5.56 Å². The van der Waals surface area contributed by atoms with Crippen LogP contribution in [0.3, 0.4) is 0 Å². The van der Waals surface area contributed by atoms with Gasteiger partial charge in [0.1, 0.15) is 12.8 Å². The maximum Gasteiger partial charge on any atom is 0.142 e. The van der Waals surface area contributed by atoms with Crippen LogP contribution in [-0.4, -0.2) is 6.21 Å². The highest BCUT2D eigenvalue weighted by atomic mass is 16.6. The number of nitriles is 1. The van der Waals surface area contributed by atoms with Crippen molar-refractivity contribution in [3.63, 3.8) is 0 Å². The Morgan fingerprint density at radius 3 is 2.42 bits per heavy atom. The van der Waals surface area contributed by atoms with Crippen molar-refractivity contribution in [1.29, 1.82) is 5.26 Å². The lowest BCUT2D eigenvalue weighted by molar-refractivity contribution is 0.132. The van der Waals surface area contributed by atoms with Crippen LogP contribution in [0.15, 0.2) is 84.0 Å². The molecular formula is C21H15N2O. The van der Waals surface area contributed by atoms with Crippen molar-refractivity contribution in [2.45, 2.75) is 6.61 Å². The SMILES string of the molecule is N#Cc1cccc(/[C]=N/OCc2ccccc2-c2ccccc2)c1. The molecule has 0 aliphatic heterocycles. The summed E-state index contributed by atoms with van der Waals surface area (Å²) in [5, 5.41) is 12.8. The van der Waals surface area contributed by atoms with E-state index in [1.165, 1.54) is 0 Å². The molecule has 0 heterocycles. The molecule has 3 aromatic carbocycles. The average Bonchev–Trinajstić information content (AvgIpc) is 2.66. The van der Waals surface area contributed by atoms with Crippen LogP contribution in [0.1, 0.15) is 16.7 Å². The van der Waals surface area contributed by atoms with Gasteiger partial charge in [0.2, 0.25) is 0 Å². The smallest absolute Gasteiger partial charge is 0.142 e. The van der Waals surface area contributed by atoms with Crippen molar-refractivity contribution in [1.82, 2.24) is 0 Å². The highest BCUT2D eigenvalue weighted by molar-refractivity contribution is 5.79. The monoisotopic (exact) mass is 311 g/mol. The van der Waals surface area contributed by atoms with Gasteiger partial charge in [-0.15, -0.1) is 0 Å². The van der Waals surface area contributed by atoms with E-state index in [0.717, 1.165) is 16.7 Å². The minimum absolute atomic E-state index is 0.357. The first-order valence-electron chi connectivity index (χ1n) is 7.58. The van der Waals surface area contributed by atoms with Crippen LogP contribution < -0.4 is 0 Å². The summed E-state index contributed by atoms with van der Waals surface area (Å²) in [5.74, 6) is 0. The third-order valence-corrected chi connectivity index (χ3v) is 3.55. The Labute approximate surface area is 141 Å². The minimum atomic E-state index is 0.357. The Balaban J connectivity index is 1.69. The first kappa shape index (κ1) is 15.5. The fourth-order valence-electron chi connectivity index (χ4n) is 2.39. The van der Waals surface area contributed by atoms with Gasteiger partial charge in [0.05, 0.1) is 11.6 Å². The van der Waals surface area contributed by atoms with Crippen molar-refractivity contribution in [2.75, 3.05) is 0 Å². The van der Waals surface area contributed by atoms with Crippen LogP contribution in [0, 0.1) is 11.3 Å². The number of nitrogens with zero attached hydrogens (tertiary/aromatic N) is 2. The molecule has 115 valence electrons. The highest BCUT2D eigenvalue weighted by Crippen LogP contribution is 2.23. The van der Waals surface area contributed by atoms with Gasteiger partial charge in [0.15, 0.2) is 0 Å². The summed E-state index contributed by atoms with van der Waals surface area (Å²) in [6, 6.07) is 27.4. The molecular weight excluding hydrogens is 296 g/mol. The summed E-state index contributed by atoms with van der Waals surface area (Å²) in [6.07, 6.45) is 2.80. The Kier molecular flexibility index (Phi) is 5.01. The maximum absolute atomic E-state index is 8.88. The van der Waals surface area contributed by atoms with Crippen LogP contribution in [0.2, 0.25) is 0 Å². The first-order valence-corrected chi connectivity index (χ1v) is 7.58. The fourth-order valence-corrected chi connectivity index (χ4v) is 2.39. The zero-order valence-corrected chi connectivity index (χ0v) is 13.0. The van der Waals surface area contributed by atoms with Crippen LogP contribution in [-0.2, 0) is 11.4 Å². The van der Waals surface area contributed by atoms with Gasteiger partial charge >= 0.3 is 0 Å². The van der Waals surface area contributed by atoms with E-state index in [4.69, 9.17) is 10.1 Å². The summed E-state index contributed by atoms with van der Waals surface area (Å²) in [4.78, 5) is 5.39. The van der Waals surface area contributed by atoms with Gasteiger partial charge in [-0.2, -0.15) is 5.26 Å². The fraction of sp³-hybridized carbons (Fsp3) is 0.0476. The van der Waals surface area contributed by atoms with E-state index in [1.807, 2.05) is 42.5 Å². The topological polar surface area (TPSA) is 45.4 Å². The molecule has 0 aliphatic rings. The lowest BCUT2D eigenvalue weighted by atomic mass is 10.0. The van der Waals surface area contributed by atoms with Gasteiger partial charge in [-0.05, 0) is 28.8 Å². The minimum Gasteiger partial charge on any atom is -0.390 e. The average molecular weight is 311 g/mol. The van der Waals surface area contributed by atoms with Crippen LogP contribution in [0.25, 0.3) is 11.1 Å². The molecule has 24 heavy (non-hydrogen) atoms. The van der Waals surface area contributed by atoms with Crippen LogP contribution >= 0.6 is 0 Å². The molecule has 1 radical (unpaired) electrons. The molecule has 0 aliphatic carbocycles. The largest absolute Gasteiger partial charge is 0.390 e. The van der Waals surface area contributed by atoms with Crippen LogP contribution in [0.4, 0.5) is 0 Å². The number of hydrogen-bond acceptors (Lipinski definition) is 3. The summed E-state index contributed by atoms with van der Waals surface area (Å²) in [7, 11) is 0.